The molecule has 1 atom stereocenters. The van der Waals surface area contributed by atoms with Crippen molar-refractivity contribution in [2.45, 2.75) is 64.6 Å². The Labute approximate surface area is 114 Å². The van der Waals surface area contributed by atoms with Gasteiger partial charge in [-0.1, -0.05) is 13.3 Å². The van der Waals surface area contributed by atoms with Crippen LogP contribution >= 0.6 is 0 Å². The summed E-state index contributed by atoms with van der Waals surface area (Å²) in [6, 6.07) is 4.27. The first kappa shape index (κ1) is 14.1. The van der Waals surface area contributed by atoms with Crippen molar-refractivity contribution in [3.63, 3.8) is 0 Å². The monoisotopic (exact) mass is 264 g/mol. The van der Waals surface area contributed by atoms with Gasteiger partial charge in [0.1, 0.15) is 11.5 Å². The van der Waals surface area contributed by atoms with Gasteiger partial charge in [-0.3, -0.25) is 4.79 Å². The van der Waals surface area contributed by atoms with Gasteiger partial charge in [-0.25, -0.2) is 0 Å². The third kappa shape index (κ3) is 4.10. The molecular formula is C15H24N2O2. The number of carbonyl (C=O) groups is 1. The molecule has 0 aromatic carbocycles. The highest BCUT2D eigenvalue weighted by atomic mass is 16.3. The van der Waals surface area contributed by atoms with Gasteiger partial charge >= 0.3 is 0 Å². The second-order valence-electron chi connectivity index (χ2n) is 5.52. The lowest BCUT2D eigenvalue weighted by Gasteiger charge is -2.23. The smallest absolute Gasteiger partial charge is 0.224 e. The van der Waals surface area contributed by atoms with Crippen LogP contribution in [0.15, 0.2) is 16.5 Å². The molecule has 1 heterocycles. The van der Waals surface area contributed by atoms with Crippen molar-refractivity contribution < 1.29 is 9.21 Å². The Morgan fingerprint density at radius 3 is 2.79 bits per heavy atom. The molecule has 1 aromatic rings. The van der Waals surface area contributed by atoms with Crippen molar-refractivity contribution in [3.05, 3.63) is 23.7 Å². The van der Waals surface area contributed by atoms with Gasteiger partial charge in [0.2, 0.25) is 5.91 Å². The maximum Gasteiger partial charge on any atom is 0.224 e. The highest BCUT2D eigenvalue weighted by Crippen LogP contribution is 2.29. The van der Waals surface area contributed by atoms with E-state index in [2.05, 4.69) is 6.92 Å². The number of nitrogens with zero attached hydrogens (tertiary/aromatic N) is 1. The predicted molar refractivity (Wildman–Crippen MR) is 74.5 cm³/mol. The van der Waals surface area contributed by atoms with Crippen LogP contribution in [0.5, 0.6) is 0 Å². The molecule has 1 fully saturated rings. The standard InChI is InChI=1S/C15H24N2O2/c1-3-4-12(16)9-15(18)17(13-6-7-13)10-14-8-5-11(2)19-14/h5,8,12-13H,3-4,6-7,9-10,16H2,1-2H3. The fourth-order valence-electron chi connectivity index (χ4n) is 2.36. The molecule has 4 nitrogen and oxygen atoms in total. The topological polar surface area (TPSA) is 59.5 Å². The van der Waals surface area contributed by atoms with E-state index in [1.54, 1.807) is 0 Å². The zero-order valence-corrected chi connectivity index (χ0v) is 11.9. The van der Waals surface area contributed by atoms with Crippen LogP contribution in [0, 0.1) is 6.92 Å². The van der Waals surface area contributed by atoms with E-state index < -0.39 is 0 Å². The molecule has 19 heavy (non-hydrogen) atoms. The predicted octanol–water partition coefficient (Wildman–Crippen LogP) is 2.60. The van der Waals surface area contributed by atoms with Crippen LogP contribution in [0.25, 0.3) is 0 Å². The zero-order chi connectivity index (χ0) is 13.8. The highest BCUT2D eigenvalue weighted by Gasteiger charge is 2.33. The Morgan fingerprint density at radius 2 is 2.26 bits per heavy atom. The van der Waals surface area contributed by atoms with E-state index in [9.17, 15) is 4.79 Å². The molecule has 106 valence electrons. The van der Waals surface area contributed by atoms with Crippen molar-refractivity contribution in [1.82, 2.24) is 4.90 Å². The van der Waals surface area contributed by atoms with E-state index in [1.165, 1.54) is 0 Å². The maximum atomic E-state index is 12.3. The summed E-state index contributed by atoms with van der Waals surface area (Å²) in [4.78, 5) is 14.3. The largest absolute Gasteiger partial charge is 0.464 e. The normalized spacial score (nSPS) is 16.4. The van der Waals surface area contributed by atoms with Crippen LogP contribution in [-0.2, 0) is 11.3 Å². The Hall–Kier alpha value is -1.29. The summed E-state index contributed by atoms with van der Waals surface area (Å²) < 4.78 is 5.57. The number of furan rings is 1. The SMILES string of the molecule is CCCC(N)CC(=O)N(Cc1ccc(C)o1)C1CC1. The van der Waals surface area contributed by atoms with Crippen molar-refractivity contribution in [3.8, 4) is 0 Å². The molecule has 1 aliphatic rings. The van der Waals surface area contributed by atoms with E-state index >= 15 is 0 Å². The van der Waals surface area contributed by atoms with Crippen molar-refractivity contribution in [2.75, 3.05) is 0 Å². The molecule has 1 amide bonds. The number of carbonyl (C=O) groups excluding carboxylic acids is 1. The molecule has 0 spiro atoms. The van der Waals surface area contributed by atoms with Gasteiger partial charge in [-0.2, -0.15) is 0 Å². The van der Waals surface area contributed by atoms with E-state index in [4.69, 9.17) is 10.2 Å². The third-order valence-corrected chi connectivity index (χ3v) is 3.53. The lowest BCUT2D eigenvalue weighted by atomic mass is 10.1. The van der Waals surface area contributed by atoms with Gasteiger partial charge in [-0.05, 0) is 38.3 Å². The molecule has 2 rings (SSSR count). The summed E-state index contributed by atoms with van der Waals surface area (Å²) in [5.41, 5.74) is 5.97. The quantitative estimate of drug-likeness (QED) is 0.823. The summed E-state index contributed by atoms with van der Waals surface area (Å²) in [6.45, 7) is 4.59. The summed E-state index contributed by atoms with van der Waals surface area (Å²) in [5.74, 6) is 1.92. The first-order chi connectivity index (χ1) is 9.10. The highest BCUT2D eigenvalue weighted by molar-refractivity contribution is 5.77. The van der Waals surface area contributed by atoms with Crippen LogP contribution < -0.4 is 5.73 Å². The molecule has 1 saturated carbocycles. The third-order valence-electron chi connectivity index (χ3n) is 3.53. The van der Waals surface area contributed by atoms with Gasteiger partial charge in [-0.15, -0.1) is 0 Å². The number of amides is 1. The molecule has 1 aliphatic carbocycles. The number of hydrogen-bond acceptors (Lipinski definition) is 3. The molecular weight excluding hydrogens is 240 g/mol. The minimum absolute atomic E-state index is 0.0166. The van der Waals surface area contributed by atoms with Gasteiger partial charge in [0.25, 0.3) is 0 Å². The molecule has 1 aromatic heterocycles. The summed E-state index contributed by atoms with van der Waals surface area (Å²) in [6.07, 6.45) is 4.59. The van der Waals surface area contributed by atoms with Gasteiger partial charge < -0.3 is 15.1 Å². The Bertz CT molecular complexity index is 424. The number of rotatable bonds is 7. The average molecular weight is 264 g/mol. The molecule has 0 saturated heterocycles. The molecule has 2 N–H and O–H groups in total. The number of nitrogens with two attached hydrogens (primary N) is 1. The molecule has 4 heteroatoms. The van der Waals surface area contributed by atoms with Crippen molar-refractivity contribution in [2.24, 2.45) is 5.73 Å². The average Bonchev–Trinajstić information content (AvgIpc) is 3.10. The van der Waals surface area contributed by atoms with Crippen LogP contribution in [0.4, 0.5) is 0 Å². The molecule has 1 unspecified atom stereocenters. The van der Waals surface area contributed by atoms with Crippen LogP contribution in [0.2, 0.25) is 0 Å². The van der Waals surface area contributed by atoms with Crippen molar-refractivity contribution in [1.29, 1.82) is 0 Å². The van der Waals surface area contributed by atoms with E-state index in [-0.39, 0.29) is 11.9 Å². The fourth-order valence-corrected chi connectivity index (χ4v) is 2.36. The Balaban J connectivity index is 1.93. The number of aryl methyl sites for hydroxylation is 1. The lowest BCUT2D eigenvalue weighted by molar-refractivity contribution is -0.133. The van der Waals surface area contributed by atoms with Crippen LogP contribution in [-0.4, -0.2) is 22.9 Å². The van der Waals surface area contributed by atoms with Gasteiger partial charge in [0, 0.05) is 18.5 Å². The molecule has 0 radical (unpaired) electrons. The lowest BCUT2D eigenvalue weighted by Crippen LogP contribution is -2.36. The Kier molecular flexibility index (Phi) is 4.64. The van der Waals surface area contributed by atoms with Crippen LogP contribution in [0.3, 0.4) is 0 Å². The summed E-state index contributed by atoms with van der Waals surface area (Å²) in [7, 11) is 0. The second kappa shape index (κ2) is 6.24. The van der Waals surface area contributed by atoms with Gasteiger partial charge in [0.15, 0.2) is 0 Å². The minimum atomic E-state index is -0.0166. The van der Waals surface area contributed by atoms with Gasteiger partial charge in [0.05, 0.1) is 6.54 Å². The Morgan fingerprint density at radius 1 is 1.53 bits per heavy atom. The first-order valence-electron chi connectivity index (χ1n) is 7.20. The molecule has 0 bridgehead atoms. The van der Waals surface area contributed by atoms with Crippen molar-refractivity contribution >= 4 is 5.91 Å². The van der Waals surface area contributed by atoms with E-state index in [0.29, 0.717) is 19.0 Å². The van der Waals surface area contributed by atoms with E-state index in [1.807, 2.05) is 24.0 Å². The minimum Gasteiger partial charge on any atom is -0.464 e. The first-order valence-corrected chi connectivity index (χ1v) is 7.20. The summed E-state index contributed by atoms with van der Waals surface area (Å²) in [5, 5.41) is 0. The summed E-state index contributed by atoms with van der Waals surface area (Å²) >= 11 is 0. The molecule has 0 aliphatic heterocycles. The van der Waals surface area contributed by atoms with E-state index in [0.717, 1.165) is 37.2 Å². The maximum absolute atomic E-state index is 12.3. The number of hydrogen-bond donors (Lipinski definition) is 1. The zero-order valence-electron chi connectivity index (χ0n) is 11.9. The second-order valence-corrected chi connectivity index (χ2v) is 5.52. The van der Waals surface area contributed by atoms with Crippen LogP contribution in [0.1, 0.15) is 50.5 Å². The fraction of sp³-hybridized carbons (Fsp3) is 0.667.